The third kappa shape index (κ3) is 5.03. The van der Waals surface area contributed by atoms with Crippen molar-refractivity contribution in [1.29, 1.82) is 0 Å². The quantitative estimate of drug-likeness (QED) is 0.847. The maximum absolute atomic E-state index is 12.0. The van der Waals surface area contributed by atoms with Crippen molar-refractivity contribution in [2.75, 3.05) is 32.7 Å². The molecule has 2 fully saturated rings. The molecule has 7 heteroatoms. The highest BCUT2D eigenvalue weighted by atomic mass is 32.1. The summed E-state index contributed by atoms with van der Waals surface area (Å²) < 4.78 is 0. The van der Waals surface area contributed by atoms with Crippen LogP contribution in [0.3, 0.4) is 0 Å². The van der Waals surface area contributed by atoms with Gasteiger partial charge in [0, 0.05) is 37.1 Å². The van der Waals surface area contributed by atoms with E-state index in [1.165, 1.54) is 25.7 Å². The van der Waals surface area contributed by atoms with Gasteiger partial charge in [-0.2, -0.15) is 0 Å². The third-order valence-electron chi connectivity index (χ3n) is 4.87. The first-order valence-electron chi connectivity index (χ1n) is 8.77. The molecule has 1 aliphatic heterocycles. The Bertz CT molecular complexity index is 535. The van der Waals surface area contributed by atoms with Crippen LogP contribution in [-0.2, 0) is 11.3 Å². The van der Waals surface area contributed by atoms with Gasteiger partial charge in [-0.15, -0.1) is 11.3 Å². The van der Waals surface area contributed by atoms with Gasteiger partial charge in [-0.05, 0) is 24.3 Å². The van der Waals surface area contributed by atoms with Crippen LogP contribution in [0.1, 0.15) is 30.6 Å². The molecular formula is C17H26N4O2S. The number of nitrogens with one attached hydrogen (secondary N) is 2. The molecule has 1 saturated heterocycles. The van der Waals surface area contributed by atoms with Gasteiger partial charge in [0.15, 0.2) is 0 Å². The van der Waals surface area contributed by atoms with E-state index in [0.29, 0.717) is 13.1 Å². The van der Waals surface area contributed by atoms with E-state index in [4.69, 9.17) is 0 Å². The minimum Gasteiger partial charge on any atom is -0.333 e. The van der Waals surface area contributed by atoms with Crippen molar-refractivity contribution in [2.24, 2.45) is 0 Å². The summed E-state index contributed by atoms with van der Waals surface area (Å²) in [5, 5.41) is 7.09. The van der Waals surface area contributed by atoms with E-state index in [9.17, 15) is 9.59 Å². The molecule has 24 heavy (non-hydrogen) atoms. The summed E-state index contributed by atoms with van der Waals surface area (Å²) >= 11 is 1.58. The number of rotatable bonds is 5. The van der Waals surface area contributed by atoms with E-state index in [-0.39, 0.29) is 5.91 Å². The zero-order valence-corrected chi connectivity index (χ0v) is 14.8. The second-order valence-electron chi connectivity index (χ2n) is 6.56. The number of amides is 3. The van der Waals surface area contributed by atoms with Crippen LogP contribution in [0.25, 0.3) is 0 Å². The third-order valence-corrected chi connectivity index (χ3v) is 5.75. The monoisotopic (exact) mass is 350 g/mol. The number of urea groups is 1. The van der Waals surface area contributed by atoms with Gasteiger partial charge < -0.3 is 5.32 Å². The molecule has 2 heterocycles. The van der Waals surface area contributed by atoms with E-state index in [1.54, 1.807) is 11.3 Å². The number of nitrogens with zero attached hydrogens (tertiary/aromatic N) is 2. The summed E-state index contributed by atoms with van der Waals surface area (Å²) in [6.07, 6.45) is 5.36. The Hall–Kier alpha value is -1.44. The Morgan fingerprint density at radius 3 is 2.58 bits per heavy atom. The van der Waals surface area contributed by atoms with Crippen LogP contribution >= 0.6 is 11.3 Å². The summed E-state index contributed by atoms with van der Waals surface area (Å²) in [4.78, 5) is 29.5. The lowest BCUT2D eigenvalue weighted by Gasteiger charge is -2.37. The number of hydrogen-bond donors (Lipinski definition) is 2. The van der Waals surface area contributed by atoms with Crippen molar-refractivity contribution in [1.82, 2.24) is 20.4 Å². The van der Waals surface area contributed by atoms with Gasteiger partial charge in [0.1, 0.15) is 0 Å². The Morgan fingerprint density at radius 1 is 1.17 bits per heavy atom. The molecule has 2 N–H and O–H groups in total. The fourth-order valence-corrected chi connectivity index (χ4v) is 4.19. The van der Waals surface area contributed by atoms with E-state index in [1.807, 2.05) is 17.5 Å². The van der Waals surface area contributed by atoms with Crippen molar-refractivity contribution in [3.05, 3.63) is 22.4 Å². The molecule has 3 amide bonds. The smallest absolute Gasteiger partial charge is 0.321 e. The molecule has 1 aliphatic carbocycles. The van der Waals surface area contributed by atoms with Gasteiger partial charge in [0.05, 0.1) is 13.1 Å². The lowest BCUT2D eigenvalue weighted by atomic mass is 10.2. The van der Waals surface area contributed by atoms with Crippen LogP contribution in [0.4, 0.5) is 4.79 Å². The highest BCUT2D eigenvalue weighted by Crippen LogP contribution is 2.24. The lowest BCUT2D eigenvalue weighted by molar-refractivity contribution is -0.121. The molecule has 0 spiro atoms. The van der Waals surface area contributed by atoms with Gasteiger partial charge in [0.2, 0.25) is 5.91 Å². The Kier molecular flexibility index (Phi) is 6.23. The Balaban J connectivity index is 1.32. The van der Waals surface area contributed by atoms with Crippen molar-refractivity contribution >= 4 is 23.3 Å². The van der Waals surface area contributed by atoms with Gasteiger partial charge in [-0.25, -0.2) is 4.79 Å². The number of hydrogen-bond acceptors (Lipinski definition) is 5. The minimum atomic E-state index is -0.419. The first-order valence-corrected chi connectivity index (χ1v) is 9.65. The molecule has 3 rings (SSSR count). The predicted octanol–water partition coefficient (Wildman–Crippen LogP) is 1.63. The zero-order valence-electron chi connectivity index (χ0n) is 14.0. The van der Waals surface area contributed by atoms with Crippen LogP contribution < -0.4 is 10.6 Å². The highest BCUT2D eigenvalue weighted by Gasteiger charge is 2.26. The van der Waals surface area contributed by atoms with Crippen molar-refractivity contribution in [3.63, 3.8) is 0 Å². The molecule has 1 saturated carbocycles. The van der Waals surface area contributed by atoms with Crippen LogP contribution in [0, 0.1) is 0 Å². The van der Waals surface area contributed by atoms with E-state index >= 15 is 0 Å². The lowest BCUT2D eigenvalue weighted by Crippen LogP contribution is -2.52. The molecule has 2 aliphatic rings. The average Bonchev–Trinajstić information content (AvgIpc) is 3.27. The second kappa shape index (κ2) is 8.60. The molecule has 0 atom stereocenters. The van der Waals surface area contributed by atoms with Gasteiger partial charge in [0.25, 0.3) is 0 Å². The molecule has 6 nitrogen and oxygen atoms in total. The second-order valence-corrected chi connectivity index (χ2v) is 7.59. The van der Waals surface area contributed by atoms with Gasteiger partial charge in [-0.1, -0.05) is 18.9 Å². The van der Waals surface area contributed by atoms with Crippen LogP contribution in [0.15, 0.2) is 17.5 Å². The summed E-state index contributed by atoms with van der Waals surface area (Å²) in [6, 6.07) is 4.23. The fourth-order valence-electron chi connectivity index (χ4n) is 3.55. The van der Waals surface area contributed by atoms with E-state index < -0.39 is 6.03 Å². The van der Waals surface area contributed by atoms with Gasteiger partial charge >= 0.3 is 6.03 Å². The summed E-state index contributed by atoms with van der Waals surface area (Å²) in [5.41, 5.74) is 0. The molecule has 0 unspecified atom stereocenters. The van der Waals surface area contributed by atoms with Crippen LogP contribution in [0.5, 0.6) is 0 Å². The Morgan fingerprint density at radius 2 is 1.92 bits per heavy atom. The molecule has 1 aromatic rings. The van der Waals surface area contributed by atoms with Crippen molar-refractivity contribution in [2.45, 2.75) is 38.3 Å². The molecular weight excluding hydrogens is 324 g/mol. The maximum Gasteiger partial charge on any atom is 0.321 e. The van der Waals surface area contributed by atoms with Crippen LogP contribution in [0.2, 0.25) is 0 Å². The number of thiophene rings is 1. The number of carbonyl (C=O) groups excluding carboxylic acids is 2. The number of piperazine rings is 1. The normalized spacial score (nSPS) is 20.2. The predicted molar refractivity (Wildman–Crippen MR) is 95.0 cm³/mol. The number of imide groups is 1. The topological polar surface area (TPSA) is 64.7 Å². The van der Waals surface area contributed by atoms with Gasteiger partial charge in [-0.3, -0.25) is 19.9 Å². The standard InChI is InChI=1S/C17H26N4O2S/c22-16(19-17(23)18-12-15-6-3-11-24-15)13-20-7-9-21(10-8-20)14-4-1-2-5-14/h3,6,11,14H,1-2,4-5,7-10,12-13H2,(H2,18,19,22,23). The maximum atomic E-state index is 12.0. The van der Waals surface area contributed by atoms with Crippen molar-refractivity contribution in [3.8, 4) is 0 Å². The SMILES string of the molecule is O=C(CN1CCN(C2CCCC2)CC1)NC(=O)NCc1cccs1. The molecule has 1 aromatic heterocycles. The minimum absolute atomic E-state index is 0.229. The van der Waals surface area contributed by atoms with Crippen LogP contribution in [-0.4, -0.2) is 60.5 Å². The number of carbonyl (C=O) groups is 2. The Labute approximate surface area is 147 Å². The van der Waals surface area contributed by atoms with E-state index in [2.05, 4.69) is 20.4 Å². The van der Waals surface area contributed by atoms with E-state index in [0.717, 1.165) is 37.1 Å². The highest BCUT2D eigenvalue weighted by molar-refractivity contribution is 7.09. The summed E-state index contributed by atoms with van der Waals surface area (Å²) in [7, 11) is 0. The molecule has 132 valence electrons. The zero-order chi connectivity index (χ0) is 16.8. The fraction of sp³-hybridized carbons (Fsp3) is 0.647. The molecule has 0 aromatic carbocycles. The molecule has 0 radical (unpaired) electrons. The summed E-state index contributed by atoms with van der Waals surface area (Å²) in [5.74, 6) is -0.229. The average molecular weight is 350 g/mol. The largest absolute Gasteiger partial charge is 0.333 e. The molecule has 0 bridgehead atoms. The van der Waals surface area contributed by atoms with Crippen molar-refractivity contribution < 1.29 is 9.59 Å². The first kappa shape index (κ1) is 17.4. The summed E-state index contributed by atoms with van der Waals surface area (Å²) in [6.45, 7) is 4.62. The first-order chi connectivity index (χ1) is 11.7.